The molecule has 106 valence electrons. The summed E-state index contributed by atoms with van der Waals surface area (Å²) in [6.07, 6.45) is 2.31. The highest BCUT2D eigenvalue weighted by Gasteiger charge is 2.24. The molecule has 0 saturated heterocycles. The molecule has 0 bridgehead atoms. The first kappa shape index (κ1) is 13.3. The zero-order chi connectivity index (χ0) is 14.1. The number of amides is 1. The summed E-state index contributed by atoms with van der Waals surface area (Å²) in [7, 11) is 0. The van der Waals surface area contributed by atoms with E-state index in [0.29, 0.717) is 17.5 Å². The van der Waals surface area contributed by atoms with Crippen LogP contribution in [0.2, 0.25) is 0 Å². The van der Waals surface area contributed by atoms with Crippen LogP contribution in [0.4, 0.5) is 10.9 Å². The van der Waals surface area contributed by atoms with Crippen molar-refractivity contribution in [2.24, 2.45) is 0 Å². The van der Waals surface area contributed by atoms with Gasteiger partial charge in [-0.3, -0.25) is 4.79 Å². The summed E-state index contributed by atoms with van der Waals surface area (Å²) >= 11 is 2.83. The van der Waals surface area contributed by atoms with Crippen LogP contribution in [0.5, 0.6) is 0 Å². The minimum atomic E-state index is -0.198. The Bertz CT molecular complexity index is 632. The van der Waals surface area contributed by atoms with Crippen LogP contribution < -0.4 is 16.4 Å². The summed E-state index contributed by atoms with van der Waals surface area (Å²) in [5.41, 5.74) is 6.76. The van der Waals surface area contributed by atoms with Crippen LogP contribution in [0.1, 0.15) is 33.2 Å². The maximum atomic E-state index is 12.1. The fourth-order valence-electron chi connectivity index (χ4n) is 1.68. The molecule has 0 spiro atoms. The zero-order valence-corrected chi connectivity index (χ0v) is 12.6. The highest BCUT2D eigenvalue weighted by atomic mass is 32.1. The molecule has 3 rings (SSSR count). The Morgan fingerprint density at radius 3 is 2.95 bits per heavy atom. The number of aryl methyl sites for hydroxylation is 1. The van der Waals surface area contributed by atoms with E-state index in [1.54, 1.807) is 0 Å². The van der Waals surface area contributed by atoms with Crippen molar-refractivity contribution in [3.8, 4) is 0 Å². The van der Waals surface area contributed by atoms with Gasteiger partial charge in [0.05, 0.1) is 6.54 Å². The van der Waals surface area contributed by atoms with Gasteiger partial charge in [-0.15, -0.1) is 11.3 Å². The number of nitrogens with two attached hydrogens (primary N) is 1. The van der Waals surface area contributed by atoms with Crippen molar-refractivity contribution in [3.63, 3.8) is 0 Å². The standard InChI is InChI=1S/C12H15N5OS2/c1-6-5-19-8(15-6)4-14-11(18)9-10(13)17-12(20-9)16-7-2-3-7/h5,7H,2-4,13H2,1H3,(H,14,18)(H,16,17). The van der Waals surface area contributed by atoms with Gasteiger partial charge in [-0.1, -0.05) is 11.3 Å². The number of nitrogens with zero attached hydrogens (tertiary/aromatic N) is 2. The van der Waals surface area contributed by atoms with Crippen molar-refractivity contribution in [2.45, 2.75) is 32.4 Å². The summed E-state index contributed by atoms with van der Waals surface area (Å²) in [4.78, 5) is 21.0. The minimum Gasteiger partial charge on any atom is -0.382 e. The Morgan fingerprint density at radius 2 is 2.30 bits per heavy atom. The second-order valence-electron chi connectivity index (χ2n) is 4.72. The lowest BCUT2D eigenvalue weighted by Crippen LogP contribution is -2.22. The van der Waals surface area contributed by atoms with Gasteiger partial charge in [-0.25, -0.2) is 9.97 Å². The van der Waals surface area contributed by atoms with Gasteiger partial charge in [0.25, 0.3) is 5.91 Å². The molecule has 2 aromatic heterocycles. The van der Waals surface area contributed by atoms with Crippen LogP contribution in [-0.2, 0) is 6.54 Å². The average Bonchev–Trinajstić information content (AvgIpc) is 3.00. The molecule has 8 heteroatoms. The van der Waals surface area contributed by atoms with Gasteiger partial charge in [0.1, 0.15) is 15.7 Å². The first-order chi connectivity index (χ1) is 9.61. The van der Waals surface area contributed by atoms with Gasteiger partial charge in [0.15, 0.2) is 5.13 Å². The van der Waals surface area contributed by atoms with Crippen molar-refractivity contribution in [2.75, 3.05) is 11.1 Å². The summed E-state index contributed by atoms with van der Waals surface area (Å²) in [5.74, 6) is 0.0858. The van der Waals surface area contributed by atoms with E-state index >= 15 is 0 Å². The maximum Gasteiger partial charge on any atom is 0.265 e. The lowest BCUT2D eigenvalue weighted by Gasteiger charge is -2.00. The molecule has 1 amide bonds. The molecule has 0 atom stereocenters. The van der Waals surface area contributed by atoms with Gasteiger partial charge in [0, 0.05) is 17.1 Å². The Kier molecular flexibility index (Phi) is 3.58. The molecular formula is C12H15N5OS2. The number of thiazole rings is 2. The first-order valence-electron chi connectivity index (χ1n) is 6.34. The molecule has 1 fully saturated rings. The second kappa shape index (κ2) is 5.37. The van der Waals surface area contributed by atoms with Crippen molar-refractivity contribution in [1.29, 1.82) is 0 Å². The van der Waals surface area contributed by atoms with Crippen molar-refractivity contribution >= 4 is 39.5 Å². The van der Waals surface area contributed by atoms with E-state index in [1.807, 2.05) is 12.3 Å². The minimum absolute atomic E-state index is 0.198. The SMILES string of the molecule is Cc1csc(CNC(=O)c2sc(NC3CC3)nc2N)n1. The van der Waals surface area contributed by atoms with Crippen LogP contribution in [0, 0.1) is 6.92 Å². The Labute approximate surface area is 124 Å². The van der Waals surface area contributed by atoms with E-state index in [9.17, 15) is 4.79 Å². The van der Waals surface area contributed by atoms with E-state index in [0.717, 1.165) is 28.7 Å². The molecule has 0 aliphatic heterocycles. The van der Waals surface area contributed by atoms with E-state index in [2.05, 4.69) is 20.6 Å². The number of nitrogen functional groups attached to an aromatic ring is 1. The predicted octanol–water partition coefficient (Wildman–Crippen LogP) is 1.99. The molecule has 4 N–H and O–H groups in total. The number of anilines is 2. The number of carbonyl (C=O) groups is 1. The molecule has 0 radical (unpaired) electrons. The summed E-state index contributed by atoms with van der Waals surface area (Å²) in [5, 5.41) is 9.63. The maximum absolute atomic E-state index is 12.1. The van der Waals surface area contributed by atoms with E-state index in [1.165, 1.54) is 22.7 Å². The van der Waals surface area contributed by atoms with Crippen molar-refractivity contribution in [3.05, 3.63) is 21.0 Å². The average molecular weight is 309 g/mol. The molecule has 1 aliphatic carbocycles. The Morgan fingerprint density at radius 1 is 1.50 bits per heavy atom. The van der Waals surface area contributed by atoms with Crippen molar-refractivity contribution in [1.82, 2.24) is 15.3 Å². The number of hydrogen-bond donors (Lipinski definition) is 3. The molecule has 2 aromatic rings. The number of hydrogen-bond acceptors (Lipinski definition) is 7. The summed E-state index contributed by atoms with van der Waals surface area (Å²) < 4.78 is 0. The largest absolute Gasteiger partial charge is 0.382 e. The Balaban J connectivity index is 1.62. The van der Waals surface area contributed by atoms with Gasteiger partial charge in [-0.05, 0) is 19.8 Å². The molecule has 0 unspecified atom stereocenters. The Hall–Kier alpha value is -1.67. The first-order valence-corrected chi connectivity index (χ1v) is 8.03. The van der Waals surface area contributed by atoms with Crippen molar-refractivity contribution < 1.29 is 4.79 Å². The van der Waals surface area contributed by atoms with Crippen LogP contribution in [0.3, 0.4) is 0 Å². The lowest BCUT2D eigenvalue weighted by molar-refractivity contribution is 0.0955. The molecule has 6 nitrogen and oxygen atoms in total. The fourth-order valence-corrected chi connectivity index (χ4v) is 3.27. The molecule has 20 heavy (non-hydrogen) atoms. The van der Waals surface area contributed by atoms with Crippen LogP contribution in [0.15, 0.2) is 5.38 Å². The van der Waals surface area contributed by atoms with Gasteiger partial charge in [0.2, 0.25) is 0 Å². The van der Waals surface area contributed by atoms with E-state index in [4.69, 9.17) is 5.73 Å². The number of rotatable bonds is 5. The smallest absolute Gasteiger partial charge is 0.265 e. The highest BCUT2D eigenvalue weighted by molar-refractivity contribution is 7.18. The summed E-state index contributed by atoms with van der Waals surface area (Å²) in [6.45, 7) is 2.35. The summed E-state index contributed by atoms with van der Waals surface area (Å²) in [6, 6.07) is 0.495. The molecule has 2 heterocycles. The monoisotopic (exact) mass is 309 g/mol. The lowest BCUT2D eigenvalue weighted by atomic mass is 10.4. The zero-order valence-electron chi connectivity index (χ0n) is 11.0. The second-order valence-corrected chi connectivity index (χ2v) is 6.66. The van der Waals surface area contributed by atoms with Crippen LogP contribution >= 0.6 is 22.7 Å². The fraction of sp³-hybridized carbons (Fsp3) is 0.417. The third-order valence-corrected chi connectivity index (χ3v) is 4.80. The van der Waals surface area contributed by atoms with Gasteiger partial charge >= 0.3 is 0 Å². The highest BCUT2D eigenvalue weighted by Crippen LogP contribution is 2.30. The third kappa shape index (κ3) is 3.07. The number of carbonyl (C=O) groups excluding carboxylic acids is 1. The molecular weight excluding hydrogens is 294 g/mol. The third-order valence-electron chi connectivity index (χ3n) is 2.83. The normalized spacial score (nSPS) is 14.2. The predicted molar refractivity (Wildman–Crippen MR) is 81.2 cm³/mol. The van der Waals surface area contributed by atoms with E-state index in [-0.39, 0.29) is 11.7 Å². The quantitative estimate of drug-likeness (QED) is 0.785. The van der Waals surface area contributed by atoms with Gasteiger partial charge < -0.3 is 16.4 Å². The number of aromatic nitrogens is 2. The number of nitrogens with one attached hydrogen (secondary N) is 2. The van der Waals surface area contributed by atoms with E-state index < -0.39 is 0 Å². The molecule has 1 saturated carbocycles. The van der Waals surface area contributed by atoms with Crippen LogP contribution in [0.25, 0.3) is 0 Å². The van der Waals surface area contributed by atoms with Gasteiger partial charge in [-0.2, -0.15) is 0 Å². The molecule has 1 aliphatic rings. The topological polar surface area (TPSA) is 92.9 Å². The van der Waals surface area contributed by atoms with Crippen LogP contribution in [-0.4, -0.2) is 21.9 Å². The molecule has 0 aromatic carbocycles.